The Morgan fingerprint density at radius 2 is 1.56 bits per heavy atom. The van der Waals surface area contributed by atoms with Crippen molar-refractivity contribution in [2.24, 2.45) is 0 Å². The summed E-state index contributed by atoms with van der Waals surface area (Å²) in [7, 11) is 2.16. The number of nitrogens with one attached hydrogen (secondary N) is 2. The lowest BCUT2D eigenvalue weighted by atomic mass is 10.0. The van der Waals surface area contributed by atoms with E-state index in [2.05, 4.69) is 89.0 Å². The number of hydrogen-bond acceptors (Lipinski definition) is 3. The molecule has 3 aromatic carbocycles. The summed E-state index contributed by atoms with van der Waals surface area (Å²) in [5.41, 5.74) is 2.37. The second-order valence-corrected chi connectivity index (χ2v) is 8.97. The molecule has 4 rings (SSSR count). The maximum absolute atomic E-state index is 12.9. The number of carbonyl (C=O) groups is 1. The van der Waals surface area contributed by atoms with Gasteiger partial charge in [-0.15, -0.1) is 0 Å². The summed E-state index contributed by atoms with van der Waals surface area (Å²) in [6.45, 7) is 7.08. The van der Waals surface area contributed by atoms with Gasteiger partial charge in [-0.25, -0.2) is 4.79 Å². The maximum atomic E-state index is 12.9. The van der Waals surface area contributed by atoms with Crippen molar-refractivity contribution in [1.82, 2.24) is 20.4 Å². The Bertz CT molecular complexity index is 1010. The summed E-state index contributed by atoms with van der Waals surface area (Å²) in [5.74, 6) is 0. The summed E-state index contributed by atoms with van der Waals surface area (Å²) >= 11 is 0. The molecule has 3 aromatic rings. The zero-order chi connectivity index (χ0) is 22.3. The summed E-state index contributed by atoms with van der Waals surface area (Å²) in [6.07, 6.45) is 0.798. The van der Waals surface area contributed by atoms with Gasteiger partial charge in [-0.2, -0.15) is 0 Å². The van der Waals surface area contributed by atoms with Crippen molar-refractivity contribution in [2.75, 3.05) is 39.8 Å². The molecule has 0 unspecified atom stereocenters. The lowest BCUT2D eigenvalue weighted by Gasteiger charge is -2.35. The number of carbonyl (C=O) groups excluding carboxylic acids is 1. The Hall–Kier alpha value is -2.89. The molecule has 0 aromatic heterocycles. The molecule has 2 N–H and O–H groups in total. The minimum absolute atomic E-state index is 0.0347. The summed E-state index contributed by atoms with van der Waals surface area (Å²) in [5, 5.41) is 8.85. The molecular weight excluding hydrogens is 396 g/mol. The number of nitrogens with zero attached hydrogens (tertiary/aromatic N) is 2. The van der Waals surface area contributed by atoms with Gasteiger partial charge in [0.2, 0.25) is 0 Å². The Kier molecular flexibility index (Phi) is 7.40. The predicted molar refractivity (Wildman–Crippen MR) is 132 cm³/mol. The molecule has 1 aliphatic heterocycles. The molecule has 2 amide bonds. The van der Waals surface area contributed by atoms with E-state index < -0.39 is 0 Å². The monoisotopic (exact) mass is 430 g/mol. The van der Waals surface area contributed by atoms with Crippen molar-refractivity contribution in [3.05, 3.63) is 83.9 Å². The minimum Gasteiger partial charge on any atom is -0.335 e. The van der Waals surface area contributed by atoms with E-state index in [0.717, 1.165) is 44.7 Å². The first-order valence-electron chi connectivity index (χ1n) is 11.6. The lowest BCUT2D eigenvalue weighted by Crippen LogP contribution is -2.49. The number of likely N-dealkylation sites (N-methyl/N-ethyl adjacent to an activating group) is 1. The van der Waals surface area contributed by atoms with Crippen LogP contribution in [-0.2, 0) is 6.42 Å². The molecule has 0 saturated carbocycles. The Balaban J connectivity index is 1.36. The van der Waals surface area contributed by atoms with Crippen LogP contribution in [0.25, 0.3) is 10.8 Å². The maximum Gasteiger partial charge on any atom is 0.315 e. The molecular formula is C27H34N4O. The summed E-state index contributed by atoms with van der Waals surface area (Å²) < 4.78 is 0. The first-order chi connectivity index (χ1) is 15.6. The zero-order valence-corrected chi connectivity index (χ0v) is 19.1. The van der Waals surface area contributed by atoms with Crippen LogP contribution in [0.5, 0.6) is 0 Å². The number of urea groups is 1. The quantitative estimate of drug-likeness (QED) is 0.594. The Labute approximate surface area is 191 Å². The topological polar surface area (TPSA) is 47.6 Å². The normalized spacial score (nSPS) is 17.1. The standard InChI is InChI=1S/C27H34N4O/c1-21(18-22-12-13-23-8-6-7-11-25(23)19-22)28-27(32)29-26(24-9-4-3-5-10-24)20-31-16-14-30(2)15-17-31/h3-13,19,21,26H,14-18,20H2,1-2H3,(H2,28,29,32)/t21-,26-/m1/s1. The van der Waals surface area contributed by atoms with Crippen LogP contribution >= 0.6 is 0 Å². The molecule has 1 aliphatic rings. The van der Waals surface area contributed by atoms with Gasteiger partial charge in [0.15, 0.2) is 0 Å². The largest absolute Gasteiger partial charge is 0.335 e. The van der Waals surface area contributed by atoms with Crippen LogP contribution in [0.15, 0.2) is 72.8 Å². The van der Waals surface area contributed by atoms with E-state index in [1.54, 1.807) is 0 Å². The minimum atomic E-state index is -0.110. The van der Waals surface area contributed by atoms with E-state index in [4.69, 9.17) is 0 Å². The van der Waals surface area contributed by atoms with E-state index >= 15 is 0 Å². The van der Waals surface area contributed by atoms with Gasteiger partial charge in [0.05, 0.1) is 6.04 Å². The highest BCUT2D eigenvalue weighted by atomic mass is 16.2. The van der Waals surface area contributed by atoms with Crippen molar-refractivity contribution >= 4 is 16.8 Å². The average Bonchev–Trinajstić information content (AvgIpc) is 2.80. The number of benzene rings is 3. The van der Waals surface area contributed by atoms with Crippen molar-refractivity contribution in [3.63, 3.8) is 0 Å². The summed E-state index contributed by atoms with van der Waals surface area (Å²) in [6, 6.07) is 25.1. The fourth-order valence-electron chi connectivity index (χ4n) is 4.40. The van der Waals surface area contributed by atoms with Crippen LogP contribution in [-0.4, -0.2) is 61.6 Å². The molecule has 5 heteroatoms. The second-order valence-electron chi connectivity index (χ2n) is 8.97. The molecule has 0 radical (unpaired) electrons. The van der Waals surface area contributed by atoms with Crippen molar-refractivity contribution < 1.29 is 4.79 Å². The number of rotatable bonds is 7. The van der Waals surface area contributed by atoms with Crippen LogP contribution < -0.4 is 10.6 Å². The van der Waals surface area contributed by atoms with Gasteiger partial charge in [-0.3, -0.25) is 4.90 Å². The summed E-state index contributed by atoms with van der Waals surface area (Å²) in [4.78, 5) is 17.7. The predicted octanol–water partition coefficient (Wildman–Crippen LogP) is 4.06. The third kappa shape index (κ3) is 6.09. The molecule has 1 fully saturated rings. The smallest absolute Gasteiger partial charge is 0.315 e. The van der Waals surface area contributed by atoms with Gasteiger partial charge < -0.3 is 15.5 Å². The lowest BCUT2D eigenvalue weighted by molar-refractivity contribution is 0.142. The van der Waals surface area contributed by atoms with Crippen LogP contribution in [0.2, 0.25) is 0 Å². The number of hydrogen-bond donors (Lipinski definition) is 2. The van der Waals surface area contributed by atoms with E-state index in [-0.39, 0.29) is 18.1 Å². The molecule has 0 aliphatic carbocycles. The third-order valence-electron chi connectivity index (χ3n) is 6.28. The van der Waals surface area contributed by atoms with E-state index in [9.17, 15) is 4.79 Å². The van der Waals surface area contributed by atoms with Crippen LogP contribution in [0.3, 0.4) is 0 Å². The van der Waals surface area contributed by atoms with Crippen LogP contribution in [0, 0.1) is 0 Å². The molecule has 1 heterocycles. The number of piperazine rings is 1. The Morgan fingerprint density at radius 3 is 2.31 bits per heavy atom. The highest BCUT2D eigenvalue weighted by molar-refractivity contribution is 5.83. The first-order valence-corrected chi connectivity index (χ1v) is 11.6. The van der Waals surface area contributed by atoms with Crippen LogP contribution in [0.4, 0.5) is 4.79 Å². The van der Waals surface area contributed by atoms with Gasteiger partial charge in [0.25, 0.3) is 0 Å². The fraction of sp³-hybridized carbons (Fsp3) is 0.370. The zero-order valence-electron chi connectivity index (χ0n) is 19.1. The first kappa shape index (κ1) is 22.3. The molecule has 168 valence electrons. The second kappa shape index (κ2) is 10.6. The van der Waals surface area contributed by atoms with Crippen molar-refractivity contribution in [2.45, 2.75) is 25.4 Å². The van der Waals surface area contributed by atoms with Gasteiger partial charge in [0.1, 0.15) is 0 Å². The fourth-order valence-corrected chi connectivity index (χ4v) is 4.40. The average molecular weight is 431 g/mol. The van der Waals surface area contributed by atoms with E-state index in [0.29, 0.717) is 0 Å². The highest BCUT2D eigenvalue weighted by Crippen LogP contribution is 2.18. The molecule has 0 spiro atoms. The number of fused-ring (bicyclic) bond motifs is 1. The SMILES string of the molecule is C[C@H](Cc1ccc2ccccc2c1)NC(=O)N[C@H](CN1CCN(C)CC1)c1ccccc1. The van der Waals surface area contributed by atoms with Crippen molar-refractivity contribution in [3.8, 4) is 0 Å². The van der Waals surface area contributed by atoms with Crippen molar-refractivity contribution in [1.29, 1.82) is 0 Å². The van der Waals surface area contributed by atoms with E-state index in [1.807, 2.05) is 18.2 Å². The molecule has 2 atom stereocenters. The number of amides is 2. The highest BCUT2D eigenvalue weighted by Gasteiger charge is 2.21. The Morgan fingerprint density at radius 1 is 0.875 bits per heavy atom. The molecule has 5 nitrogen and oxygen atoms in total. The molecule has 1 saturated heterocycles. The molecule has 0 bridgehead atoms. The van der Waals surface area contributed by atoms with Crippen LogP contribution in [0.1, 0.15) is 24.1 Å². The third-order valence-corrected chi connectivity index (χ3v) is 6.28. The van der Waals surface area contributed by atoms with E-state index in [1.165, 1.54) is 16.3 Å². The van der Waals surface area contributed by atoms with Gasteiger partial charge in [-0.05, 0) is 42.3 Å². The van der Waals surface area contributed by atoms with Gasteiger partial charge in [0, 0.05) is 38.8 Å². The van der Waals surface area contributed by atoms with Gasteiger partial charge in [-0.1, -0.05) is 72.8 Å². The molecule has 32 heavy (non-hydrogen) atoms. The van der Waals surface area contributed by atoms with Gasteiger partial charge >= 0.3 is 6.03 Å².